The molecule has 2 rings (SSSR count). The highest BCUT2D eigenvalue weighted by Crippen LogP contribution is 2.16. The number of rotatable bonds is 64. The smallest absolute Gasteiger partial charge is 0.153 e. The van der Waals surface area contributed by atoms with Crippen molar-refractivity contribution in [3.05, 3.63) is 77.5 Å². The molecule has 2 aromatic rings. The van der Waals surface area contributed by atoms with Crippen molar-refractivity contribution < 1.29 is 101 Å². The maximum Gasteiger partial charge on any atom is 0.153 e. The highest BCUT2D eigenvalue weighted by Gasteiger charge is 2.34. The van der Waals surface area contributed by atoms with Crippen molar-refractivity contribution in [2.75, 3.05) is 109 Å². The second kappa shape index (κ2) is 56.0. The number of aliphatic hydroxyl groups is 14. The summed E-state index contributed by atoms with van der Waals surface area (Å²) >= 11 is 10.2. The lowest BCUT2D eigenvalue weighted by molar-refractivity contribution is -0.266. The highest BCUT2D eigenvalue weighted by molar-refractivity contribution is 7.98. The van der Waals surface area contributed by atoms with Crippen molar-refractivity contribution in [1.82, 2.24) is 69.0 Å². The van der Waals surface area contributed by atoms with Crippen LogP contribution in [0.5, 0.6) is 0 Å². The summed E-state index contributed by atoms with van der Waals surface area (Å²) in [5, 5.41) is 205. The largest absolute Gasteiger partial charge is 0.378 e. The maximum atomic E-state index is 11.6. The number of hydroxylamine groups is 2. The molecule has 0 aliphatic carbocycles. The summed E-state index contributed by atoms with van der Waals surface area (Å²) in [6.07, 6.45) is -12.7. The molecule has 34 N–H and O–H groups in total. The van der Waals surface area contributed by atoms with Crippen LogP contribution < -0.4 is 81.0 Å². The number of ether oxygens (including phenoxy) is 4. The maximum absolute atomic E-state index is 11.6. The lowest BCUT2D eigenvalue weighted by Gasteiger charge is -2.36. The molecule has 0 aliphatic rings. The Balaban J connectivity index is 2.03. The Labute approximate surface area is 595 Å². The summed E-state index contributed by atoms with van der Waals surface area (Å²) in [4.78, 5) is 0. The van der Waals surface area contributed by atoms with Crippen LogP contribution in [0.25, 0.3) is 6.08 Å². The Morgan fingerprint density at radius 2 is 1.02 bits per heavy atom. The minimum atomic E-state index is -2.01. The van der Waals surface area contributed by atoms with Gasteiger partial charge in [-0.15, -0.1) is 5.23 Å². The van der Waals surface area contributed by atoms with E-state index in [1.807, 2.05) is 24.5 Å². The number of thioether (sulfide) groups is 1. The summed E-state index contributed by atoms with van der Waals surface area (Å²) in [6.45, 7) is 4.09. The van der Waals surface area contributed by atoms with E-state index >= 15 is 0 Å². The van der Waals surface area contributed by atoms with Crippen molar-refractivity contribution in [3.8, 4) is 0 Å². The summed E-state index contributed by atoms with van der Waals surface area (Å²) in [5.74, 6) is 0.150. The van der Waals surface area contributed by atoms with Gasteiger partial charge in [-0.2, -0.15) is 37.0 Å². The van der Waals surface area contributed by atoms with Gasteiger partial charge in [-0.3, -0.25) is 74.2 Å². The Morgan fingerprint density at radius 3 is 1.60 bits per heavy atom. The Kier molecular flexibility index (Phi) is 52.5. The second-order valence-corrected chi connectivity index (χ2v) is 25.2. The van der Waals surface area contributed by atoms with Crippen LogP contribution in [0.1, 0.15) is 68.4 Å². The molecule has 0 unspecified atom stereocenters. The van der Waals surface area contributed by atoms with Crippen LogP contribution in [0.15, 0.2) is 60.8 Å². The van der Waals surface area contributed by atoms with E-state index in [1.54, 1.807) is 43.3 Å². The fraction of sp³-hybridized carbons (Fsp3) is 0.767. The van der Waals surface area contributed by atoms with Crippen LogP contribution in [0.4, 0.5) is 0 Å². The van der Waals surface area contributed by atoms with Gasteiger partial charge in [0.2, 0.25) is 0 Å². The SMILES string of the molecule is CSC[C@H](O)N[C@@H](CCCCN[C@@H](O)c1ccc(/C=C/N(O)O)cc1)[C@@H](O)N[C@@H](CS)[C@H](O)N[C@@H](CCCNC(N)N)[C@@H](O)NC[C@H](O)N[C@@H](CC(O)O)[C@@H](O)N[C@@H](CS)[C@H](O)N[C@@H](Cc1ccccc1)[C@@H](O)N[C@@H](C)[C@H](O)NCCOCCOCCOCCN[C@H](O)COC[C@@H](N)O. The van der Waals surface area contributed by atoms with E-state index in [2.05, 4.69) is 89.1 Å². The molecule has 0 spiro atoms. The molecule has 0 aromatic heterocycles. The van der Waals surface area contributed by atoms with Crippen molar-refractivity contribution in [2.45, 2.75) is 181 Å². The van der Waals surface area contributed by atoms with E-state index < -0.39 is 143 Å². The number of unbranched alkanes of at least 4 members (excludes halogenated alkanes) is 1. The molecule has 2 aromatic carbocycles. The molecule has 0 amide bonds. The molecule has 0 fully saturated rings. The summed E-state index contributed by atoms with van der Waals surface area (Å²) in [6, 6.07) is 9.06. The quantitative estimate of drug-likeness (QED) is 0.0127. The third kappa shape index (κ3) is 44.3. The van der Waals surface area contributed by atoms with Gasteiger partial charge < -0.3 is 108 Å². The minimum Gasteiger partial charge on any atom is -0.378 e. The van der Waals surface area contributed by atoms with Gasteiger partial charge in [-0.25, -0.2) is 0 Å². The first kappa shape index (κ1) is 92.7. The van der Waals surface area contributed by atoms with Gasteiger partial charge in [0.05, 0.1) is 83.2 Å². The zero-order valence-electron chi connectivity index (χ0n) is 56.5. The Hall–Kier alpha value is -2.37. The van der Waals surface area contributed by atoms with Gasteiger partial charge in [0, 0.05) is 61.4 Å². The Morgan fingerprint density at radius 1 is 0.495 bits per heavy atom. The average molecular weight is 1480 g/mol. The van der Waals surface area contributed by atoms with Crippen molar-refractivity contribution in [3.63, 3.8) is 0 Å². The number of hydrogen-bond donors (Lipinski definition) is 33. The van der Waals surface area contributed by atoms with Crippen LogP contribution >= 0.6 is 37.0 Å². The normalized spacial score (nSPS) is 18.2. The number of nitrogens with two attached hydrogens (primary N) is 3. The number of thiol groups is 2. The molecule has 39 heteroatoms. The van der Waals surface area contributed by atoms with E-state index in [4.69, 9.17) is 51.7 Å². The van der Waals surface area contributed by atoms with Crippen LogP contribution in [-0.4, -0.2) is 320 Å². The van der Waals surface area contributed by atoms with Crippen LogP contribution in [0, 0.1) is 0 Å². The van der Waals surface area contributed by atoms with Crippen molar-refractivity contribution in [1.29, 1.82) is 0 Å². The van der Waals surface area contributed by atoms with E-state index in [0.29, 0.717) is 82.0 Å². The molecule has 19 atom stereocenters. The number of nitrogens with one attached hydrogen (secondary N) is 12. The Bertz CT molecular complexity index is 2270. The minimum absolute atomic E-state index is 0.0322. The van der Waals surface area contributed by atoms with Gasteiger partial charge in [-0.05, 0) is 81.1 Å². The summed E-state index contributed by atoms with van der Waals surface area (Å²) < 4.78 is 21.6. The standard InChI is InChI=1S/C60H120N16O20S3/c1-37(52(83)66-21-24-94-26-28-95-27-25-93-23-20-64-49(79)33-96-32-47(61)77)69-56(87)43(29-39-9-4-3-5-10-39)73-59(90)46(35-98)75-57(88)44(30-51(81)82)71-48(78)31-68-54(85)41(12-8-19-67-60(62)63)72-58(89)45(34-97)74-55(86)42(70-50(80)36-99-2)11-6-7-18-65-53(84)40-15-13-38(14-16-40)17-22-76(91)92/h3-5,9-10,13-17,22,37,41-60,64-75,77-92,97-98H,6-8,11-12,18-21,23-36,61-63H2,1-2H3/b22-17+/t37-,41-,42-,43-,44-,45-,46-,47-,48-,49+,50-,52-,53-,54+,55+,56+,57+,58-,59-/m0/s1. The zero-order chi connectivity index (χ0) is 73.5. The predicted octanol–water partition coefficient (Wildman–Crippen LogP) is -8.75. The van der Waals surface area contributed by atoms with Crippen molar-refractivity contribution >= 4 is 43.1 Å². The molecule has 0 saturated carbocycles. The van der Waals surface area contributed by atoms with Crippen LogP contribution in [-0.2, 0) is 25.4 Å². The third-order valence-electron chi connectivity index (χ3n) is 15.1. The van der Waals surface area contributed by atoms with E-state index in [9.17, 15) is 66.4 Å². The molecular formula is C60H120N16O20S3. The first-order chi connectivity index (χ1) is 47.3. The molecule has 0 heterocycles. The molecule has 0 radical (unpaired) electrons. The van der Waals surface area contributed by atoms with Gasteiger partial charge in [-0.1, -0.05) is 61.0 Å². The molecule has 0 bridgehead atoms. The predicted molar refractivity (Wildman–Crippen MR) is 378 cm³/mol. The van der Waals surface area contributed by atoms with Gasteiger partial charge in [0.15, 0.2) is 6.29 Å². The van der Waals surface area contributed by atoms with E-state index in [1.165, 1.54) is 17.8 Å². The molecule has 99 heavy (non-hydrogen) atoms. The average Bonchev–Trinajstić information content (AvgIpc) is 0.931. The monoisotopic (exact) mass is 1480 g/mol. The molecule has 36 nitrogen and oxygen atoms in total. The lowest BCUT2D eigenvalue weighted by Crippen LogP contribution is -2.64. The van der Waals surface area contributed by atoms with E-state index in [0.717, 1.165) is 11.8 Å². The van der Waals surface area contributed by atoms with Crippen molar-refractivity contribution in [2.24, 2.45) is 17.2 Å². The first-order valence-electron chi connectivity index (χ1n) is 33.1. The zero-order valence-corrected chi connectivity index (χ0v) is 59.1. The van der Waals surface area contributed by atoms with E-state index in [-0.39, 0.29) is 69.2 Å². The molecular weight excluding hydrogens is 1360 g/mol. The topological polar surface area (TPSA) is 586 Å². The third-order valence-corrected chi connectivity index (χ3v) is 16.5. The number of hydrogen-bond acceptors (Lipinski definition) is 39. The summed E-state index contributed by atoms with van der Waals surface area (Å²) in [7, 11) is 0. The van der Waals surface area contributed by atoms with Crippen LogP contribution in [0.2, 0.25) is 0 Å². The second-order valence-electron chi connectivity index (χ2n) is 23.5. The fourth-order valence-electron chi connectivity index (χ4n) is 9.78. The molecule has 0 saturated heterocycles. The summed E-state index contributed by atoms with van der Waals surface area (Å²) in [5.41, 5.74) is 18.6. The molecule has 578 valence electrons. The van der Waals surface area contributed by atoms with Gasteiger partial charge in [0.25, 0.3) is 0 Å². The van der Waals surface area contributed by atoms with Gasteiger partial charge >= 0.3 is 0 Å². The van der Waals surface area contributed by atoms with Gasteiger partial charge in [0.1, 0.15) is 81.0 Å². The fourth-order valence-corrected chi connectivity index (χ4v) is 10.8. The first-order valence-corrected chi connectivity index (χ1v) is 35.7. The number of nitrogens with zero attached hydrogens (tertiary/aromatic N) is 1. The highest BCUT2D eigenvalue weighted by atomic mass is 32.2. The number of benzene rings is 2. The molecule has 0 aliphatic heterocycles. The lowest BCUT2D eigenvalue weighted by atomic mass is 10.0. The number of aliphatic hydroxyl groups excluding tert-OH is 13. The van der Waals surface area contributed by atoms with Crippen LogP contribution in [0.3, 0.4) is 0 Å².